The molecule has 3 heterocycles. The number of rotatable bonds is 6. The third kappa shape index (κ3) is 4.24. The van der Waals surface area contributed by atoms with Crippen LogP contribution in [0.3, 0.4) is 0 Å². The number of carbonyl (C=O) groups excluding carboxylic acids is 1. The highest BCUT2D eigenvalue weighted by Gasteiger charge is 2.33. The first-order valence-corrected chi connectivity index (χ1v) is 12.4. The van der Waals surface area contributed by atoms with Gasteiger partial charge in [-0.05, 0) is 24.3 Å². The summed E-state index contributed by atoms with van der Waals surface area (Å²) < 4.78 is 43.7. The van der Waals surface area contributed by atoms with Gasteiger partial charge in [-0.2, -0.15) is 9.40 Å². The summed E-state index contributed by atoms with van der Waals surface area (Å²) in [6, 6.07) is 14.8. The van der Waals surface area contributed by atoms with Crippen LogP contribution in [0, 0.1) is 5.82 Å². The average molecular weight is 495 g/mol. The van der Waals surface area contributed by atoms with E-state index in [2.05, 4.69) is 15.1 Å². The minimum Gasteiger partial charge on any atom is -0.335 e. The topological polar surface area (TPSA) is 104 Å². The molecule has 4 aromatic rings. The highest BCUT2D eigenvalue weighted by Crippen LogP contribution is 2.29. The number of benzene rings is 2. The van der Waals surface area contributed by atoms with Crippen LogP contribution in [0.1, 0.15) is 27.3 Å². The Balaban J connectivity index is 1.51. The summed E-state index contributed by atoms with van der Waals surface area (Å²) in [5.41, 5.74) is 2.73. The van der Waals surface area contributed by atoms with Crippen molar-refractivity contribution in [3.8, 4) is 0 Å². The standard InChI is InChI=1S/C24H23FN6O3S/c1-29-22-11-12-30(35(33,34)23-13-26-16-27-23)14-19(22)21(28-29)15-31(17-7-3-2-4-8-17)24(32)18-9-5-6-10-20(18)25/h2-10,13,16H,11-12,14-15H2,1H3,(H,26,27). The fraction of sp³-hybridized carbons (Fsp3) is 0.208. The number of H-pyrrole nitrogens is 1. The molecule has 1 N–H and O–H groups in total. The Morgan fingerprint density at radius 1 is 1.14 bits per heavy atom. The molecule has 0 bridgehead atoms. The minimum atomic E-state index is -3.77. The molecule has 0 unspecified atom stereocenters. The number of para-hydroxylation sites is 1. The zero-order chi connectivity index (χ0) is 24.6. The van der Waals surface area contributed by atoms with Gasteiger partial charge in [-0.1, -0.05) is 30.3 Å². The van der Waals surface area contributed by atoms with Crippen LogP contribution < -0.4 is 4.90 Å². The Morgan fingerprint density at radius 2 is 1.89 bits per heavy atom. The predicted octanol–water partition coefficient (Wildman–Crippen LogP) is 2.88. The lowest BCUT2D eigenvalue weighted by molar-refractivity contribution is 0.0980. The van der Waals surface area contributed by atoms with E-state index in [-0.39, 0.29) is 23.7 Å². The van der Waals surface area contributed by atoms with Crippen molar-refractivity contribution in [1.29, 1.82) is 0 Å². The predicted molar refractivity (Wildman–Crippen MR) is 126 cm³/mol. The number of halogens is 1. The van der Waals surface area contributed by atoms with Gasteiger partial charge in [-0.15, -0.1) is 0 Å². The van der Waals surface area contributed by atoms with E-state index >= 15 is 0 Å². The molecule has 35 heavy (non-hydrogen) atoms. The normalized spacial score (nSPS) is 14.0. The first-order chi connectivity index (χ1) is 16.9. The van der Waals surface area contributed by atoms with Crippen molar-refractivity contribution in [2.45, 2.75) is 24.5 Å². The summed E-state index contributed by atoms with van der Waals surface area (Å²) in [5.74, 6) is -1.12. The summed E-state index contributed by atoms with van der Waals surface area (Å²) in [7, 11) is -1.97. The van der Waals surface area contributed by atoms with E-state index in [0.29, 0.717) is 24.3 Å². The lowest BCUT2D eigenvalue weighted by atomic mass is 10.1. The molecule has 9 nitrogen and oxygen atoms in total. The maximum atomic E-state index is 14.5. The van der Waals surface area contributed by atoms with E-state index in [1.165, 1.54) is 39.9 Å². The lowest BCUT2D eigenvalue weighted by Gasteiger charge is -2.27. The Morgan fingerprint density at radius 3 is 2.60 bits per heavy atom. The molecule has 0 saturated heterocycles. The Kier molecular flexibility index (Phi) is 5.95. The van der Waals surface area contributed by atoms with Crippen molar-refractivity contribution in [2.24, 2.45) is 7.05 Å². The number of aryl methyl sites for hydroxylation is 1. The van der Waals surface area contributed by atoms with Crippen molar-refractivity contribution in [1.82, 2.24) is 24.1 Å². The number of sulfonamides is 1. The van der Waals surface area contributed by atoms with Crippen molar-refractivity contribution in [3.63, 3.8) is 0 Å². The van der Waals surface area contributed by atoms with Crippen LogP contribution in [0.15, 0.2) is 72.1 Å². The smallest absolute Gasteiger partial charge is 0.261 e. The number of nitrogens with zero attached hydrogens (tertiary/aromatic N) is 5. The number of fused-ring (bicyclic) bond motifs is 1. The fourth-order valence-corrected chi connectivity index (χ4v) is 5.62. The SMILES string of the molecule is Cn1nc(CN(C(=O)c2ccccc2F)c2ccccc2)c2c1CCN(S(=O)(=O)c1cnc[nH]1)C2. The molecule has 5 rings (SSSR count). The zero-order valence-corrected chi connectivity index (χ0v) is 19.7. The summed E-state index contributed by atoms with van der Waals surface area (Å²) >= 11 is 0. The number of hydrogen-bond acceptors (Lipinski definition) is 5. The molecule has 0 fully saturated rings. The van der Waals surface area contributed by atoms with E-state index < -0.39 is 21.7 Å². The zero-order valence-electron chi connectivity index (χ0n) is 18.9. The highest BCUT2D eigenvalue weighted by atomic mass is 32.2. The first kappa shape index (κ1) is 22.9. The minimum absolute atomic E-state index is 0.0204. The Labute approximate surface area is 201 Å². The molecule has 0 spiro atoms. The molecule has 2 aromatic carbocycles. The third-order valence-electron chi connectivity index (χ3n) is 6.11. The molecule has 0 radical (unpaired) electrons. The van der Waals surface area contributed by atoms with Gasteiger partial charge in [0.25, 0.3) is 15.9 Å². The van der Waals surface area contributed by atoms with Crippen LogP contribution in [0.5, 0.6) is 0 Å². The number of imidazole rings is 1. The second kappa shape index (κ2) is 9.08. The molecule has 1 amide bonds. The Hall–Kier alpha value is -3.83. The van der Waals surface area contributed by atoms with Crippen molar-refractivity contribution in [2.75, 3.05) is 11.4 Å². The second-order valence-electron chi connectivity index (χ2n) is 8.21. The average Bonchev–Trinajstić information content (AvgIpc) is 3.52. The van der Waals surface area contributed by atoms with Crippen LogP contribution in [0.2, 0.25) is 0 Å². The number of aromatic nitrogens is 4. The van der Waals surface area contributed by atoms with Crippen LogP contribution in [0.25, 0.3) is 0 Å². The number of aromatic amines is 1. The monoisotopic (exact) mass is 494 g/mol. The van der Waals surface area contributed by atoms with Gasteiger partial charge in [0.05, 0.1) is 30.3 Å². The number of nitrogens with one attached hydrogen (secondary N) is 1. The molecule has 180 valence electrons. The van der Waals surface area contributed by atoms with E-state index in [4.69, 9.17) is 0 Å². The van der Waals surface area contributed by atoms with Gasteiger partial charge in [0, 0.05) is 43.5 Å². The van der Waals surface area contributed by atoms with Gasteiger partial charge < -0.3 is 9.88 Å². The number of amides is 1. The molecule has 0 atom stereocenters. The maximum absolute atomic E-state index is 14.5. The van der Waals surface area contributed by atoms with Gasteiger partial charge in [-0.25, -0.2) is 17.8 Å². The van der Waals surface area contributed by atoms with E-state index in [0.717, 1.165) is 11.3 Å². The number of carbonyl (C=O) groups is 1. The summed E-state index contributed by atoms with van der Waals surface area (Å²) in [4.78, 5) is 21.4. The highest BCUT2D eigenvalue weighted by molar-refractivity contribution is 7.89. The molecule has 0 saturated carbocycles. The molecule has 2 aromatic heterocycles. The van der Waals surface area contributed by atoms with Crippen LogP contribution in [0.4, 0.5) is 10.1 Å². The van der Waals surface area contributed by atoms with Crippen molar-refractivity contribution < 1.29 is 17.6 Å². The fourth-order valence-electron chi connectivity index (χ4n) is 4.32. The second-order valence-corrected chi connectivity index (χ2v) is 10.1. The van der Waals surface area contributed by atoms with Gasteiger partial charge >= 0.3 is 0 Å². The molecular weight excluding hydrogens is 471 g/mol. The summed E-state index contributed by atoms with van der Waals surface area (Å²) in [6.07, 6.45) is 3.07. The molecule has 1 aliphatic rings. The summed E-state index contributed by atoms with van der Waals surface area (Å²) in [6.45, 7) is 0.457. The summed E-state index contributed by atoms with van der Waals surface area (Å²) in [5, 5.41) is 4.64. The van der Waals surface area contributed by atoms with Gasteiger partial charge in [0.2, 0.25) is 0 Å². The van der Waals surface area contributed by atoms with Gasteiger partial charge in [-0.3, -0.25) is 9.48 Å². The quantitative estimate of drug-likeness (QED) is 0.444. The Bertz CT molecular complexity index is 1470. The molecule has 1 aliphatic heterocycles. The van der Waals surface area contributed by atoms with Gasteiger partial charge in [0.15, 0.2) is 5.03 Å². The number of hydrogen-bond donors (Lipinski definition) is 1. The lowest BCUT2D eigenvalue weighted by Crippen LogP contribution is -2.37. The van der Waals surface area contributed by atoms with Crippen molar-refractivity contribution >= 4 is 21.6 Å². The van der Waals surface area contributed by atoms with Crippen molar-refractivity contribution in [3.05, 3.63) is 95.5 Å². The molecular formula is C24H23FN6O3S. The molecule has 11 heteroatoms. The van der Waals surface area contributed by atoms with E-state index in [9.17, 15) is 17.6 Å². The first-order valence-electron chi connectivity index (χ1n) is 11.0. The van der Waals surface area contributed by atoms with Crippen LogP contribution >= 0.6 is 0 Å². The van der Waals surface area contributed by atoms with Crippen LogP contribution in [-0.4, -0.2) is 44.9 Å². The maximum Gasteiger partial charge on any atom is 0.261 e. The van der Waals surface area contributed by atoms with Gasteiger partial charge in [0.1, 0.15) is 5.82 Å². The van der Waals surface area contributed by atoms with E-state index in [1.54, 1.807) is 42.1 Å². The third-order valence-corrected chi connectivity index (χ3v) is 7.88. The number of anilines is 1. The largest absolute Gasteiger partial charge is 0.335 e. The molecule has 0 aliphatic carbocycles. The van der Waals surface area contributed by atoms with Crippen LogP contribution in [-0.2, 0) is 36.6 Å². The van der Waals surface area contributed by atoms with E-state index in [1.807, 2.05) is 6.07 Å².